The molecule has 0 bridgehead atoms. The lowest BCUT2D eigenvalue weighted by atomic mass is 9.90. The highest BCUT2D eigenvalue weighted by Crippen LogP contribution is 2.47. The molecule has 0 saturated carbocycles. The summed E-state index contributed by atoms with van der Waals surface area (Å²) in [4.78, 5) is 0. The molecule has 4 aromatic carbocycles. The highest BCUT2D eigenvalue weighted by atomic mass is 16.3. The van der Waals surface area contributed by atoms with E-state index in [0.29, 0.717) is 0 Å². The van der Waals surface area contributed by atoms with Gasteiger partial charge in [0.1, 0.15) is 5.75 Å². The number of fused-ring (bicyclic) bond motifs is 4. The van der Waals surface area contributed by atoms with Crippen LogP contribution in [0.25, 0.3) is 44.7 Å². The van der Waals surface area contributed by atoms with E-state index in [9.17, 15) is 5.11 Å². The molecule has 0 aromatic heterocycles. The fourth-order valence-corrected chi connectivity index (χ4v) is 4.15. The molecule has 0 saturated heterocycles. The lowest BCUT2D eigenvalue weighted by Gasteiger charge is -2.13. The molecule has 0 aliphatic heterocycles. The van der Waals surface area contributed by atoms with Crippen molar-refractivity contribution in [2.45, 2.75) is 0 Å². The zero-order valence-electron chi connectivity index (χ0n) is 14.9. The van der Waals surface area contributed by atoms with Gasteiger partial charge in [0.15, 0.2) is 0 Å². The molecular weight excluding hydrogens is 328 g/mol. The topological polar surface area (TPSA) is 20.2 Å². The van der Waals surface area contributed by atoms with E-state index in [-0.39, 0.29) is 5.75 Å². The predicted molar refractivity (Wildman–Crippen MR) is 115 cm³/mol. The Morgan fingerprint density at radius 1 is 0.704 bits per heavy atom. The van der Waals surface area contributed by atoms with Crippen molar-refractivity contribution in [2.75, 3.05) is 0 Å². The van der Waals surface area contributed by atoms with Crippen LogP contribution in [0.4, 0.5) is 0 Å². The summed E-state index contributed by atoms with van der Waals surface area (Å²) in [6, 6.07) is 24.5. The van der Waals surface area contributed by atoms with Crippen LogP contribution in [0.1, 0.15) is 16.7 Å². The summed E-state index contributed by atoms with van der Waals surface area (Å²) in [5, 5.41) is 11.8. The van der Waals surface area contributed by atoms with Crippen LogP contribution in [0.5, 0.6) is 5.75 Å². The fraction of sp³-hybridized carbons (Fsp3) is 0. The minimum absolute atomic E-state index is 0.286. The molecule has 0 heterocycles. The fourth-order valence-electron chi connectivity index (χ4n) is 4.15. The van der Waals surface area contributed by atoms with Gasteiger partial charge in [-0.3, -0.25) is 0 Å². The van der Waals surface area contributed by atoms with Crippen LogP contribution in [0, 0.1) is 0 Å². The standard InChI is InChI=1S/C26H18O/c1-3-21-23(19-9-8-18-15-20(27)11-10-17(18)14-19)12-13-25-24-7-5-4-6-22(24)16(2)26(21)25/h3-15,27H,1-2H2. The van der Waals surface area contributed by atoms with E-state index in [2.05, 4.69) is 61.7 Å². The highest BCUT2D eigenvalue weighted by molar-refractivity contribution is 6.05. The maximum absolute atomic E-state index is 9.70. The number of phenolic OH excluding ortho intramolecular Hbond substituents is 1. The Bertz CT molecular complexity index is 1260. The number of hydrogen-bond donors (Lipinski definition) is 1. The third kappa shape index (κ3) is 2.25. The SMILES string of the molecule is C=Cc1c(-c2ccc3cc(O)ccc3c2)ccc2c1C(=C)c1ccccc1-2. The molecule has 0 atom stereocenters. The van der Waals surface area contributed by atoms with Crippen LogP contribution in [-0.2, 0) is 0 Å². The first-order valence-electron chi connectivity index (χ1n) is 8.99. The van der Waals surface area contributed by atoms with Gasteiger partial charge in [0.25, 0.3) is 0 Å². The zero-order chi connectivity index (χ0) is 18.5. The van der Waals surface area contributed by atoms with Crippen molar-refractivity contribution in [1.82, 2.24) is 0 Å². The molecule has 1 N–H and O–H groups in total. The molecule has 0 fully saturated rings. The summed E-state index contributed by atoms with van der Waals surface area (Å²) in [6.45, 7) is 8.46. The quantitative estimate of drug-likeness (QED) is 0.369. The van der Waals surface area contributed by atoms with Crippen molar-refractivity contribution < 1.29 is 5.11 Å². The van der Waals surface area contributed by atoms with Crippen molar-refractivity contribution in [3.8, 4) is 28.0 Å². The van der Waals surface area contributed by atoms with Gasteiger partial charge in [-0.15, -0.1) is 0 Å². The summed E-state index contributed by atoms with van der Waals surface area (Å²) in [5.74, 6) is 0.286. The molecule has 0 spiro atoms. The molecular formula is C26H18O. The number of aromatic hydroxyl groups is 1. The Balaban J connectivity index is 1.75. The first-order valence-corrected chi connectivity index (χ1v) is 8.99. The second-order valence-corrected chi connectivity index (χ2v) is 6.92. The smallest absolute Gasteiger partial charge is 0.116 e. The Kier molecular flexibility index (Phi) is 3.32. The molecule has 128 valence electrons. The van der Waals surface area contributed by atoms with Crippen LogP contribution in [-0.4, -0.2) is 5.11 Å². The monoisotopic (exact) mass is 346 g/mol. The van der Waals surface area contributed by atoms with E-state index < -0.39 is 0 Å². The van der Waals surface area contributed by atoms with Gasteiger partial charge in [0, 0.05) is 0 Å². The van der Waals surface area contributed by atoms with Crippen molar-refractivity contribution in [2.24, 2.45) is 0 Å². The average molecular weight is 346 g/mol. The molecule has 0 amide bonds. The van der Waals surface area contributed by atoms with Gasteiger partial charge < -0.3 is 5.11 Å². The number of benzene rings is 4. The average Bonchev–Trinajstić information content (AvgIpc) is 3.00. The van der Waals surface area contributed by atoms with Crippen LogP contribution < -0.4 is 0 Å². The first-order chi connectivity index (χ1) is 13.2. The van der Waals surface area contributed by atoms with Gasteiger partial charge in [-0.1, -0.05) is 73.8 Å². The van der Waals surface area contributed by atoms with E-state index in [1.54, 1.807) is 12.1 Å². The van der Waals surface area contributed by atoms with E-state index >= 15 is 0 Å². The van der Waals surface area contributed by atoms with Crippen molar-refractivity contribution in [1.29, 1.82) is 0 Å². The van der Waals surface area contributed by atoms with Crippen molar-refractivity contribution >= 4 is 22.4 Å². The van der Waals surface area contributed by atoms with Crippen LogP contribution in [0.2, 0.25) is 0 Å². The van der Waals surface area contributed by atoms with E-state index in [1.165, 1.54) is 22.3 Å². The molecule has 1 aliphatic carbocycles. The Morgan fingerprint density at radius 3 is 2.22 bits per heavy atom. The van der Waals surface area contributed by atoms with Crippen LogP contribution >= 0.6 is 0 Å². The van der Waals surface area contributed by atoms with Crippen molar-refractivity contribution in [3.63, 3.8) is 0 Å². The third-order valence-electron chi connectivity index (χ3n) is 5.43. The van der Waals surface area contributed by atoms with E-state index in [0.717, 1.165) is 33.0 Å². The Hall–Kier alpha value is -3.58. The van der Waals surface area contributed by atoms with Gasteiger partial charge in [-0.25, -0.2) is 0 Å². The van der Waals surface area contributed by atoms with Gasteiger partial charge in [0.05, 0.1) is 0 Å². The second-order valence-electron chi connectivity index (χ2n) is 6.92. The Morgan fingerprint density at radius 2 is 1.41 bits per heavy atom. The molecule has 27 heavy (non-hydrogen) atoms. The highest BCUT2D eigenvalue weighted by Gasteiger charge is 2.25. The normalized spacial score (nSPS) is 12.1. The Labute approximate surface area is 158 Å². The second kappa shape index (κ2) is 5.72. The number of rotatable bonds is 2. The summed E-state index contributed by atoms with van der Waals surface area (Å²) >= 11 is 0. The third-order valence-corrected chi connectivity index (χ3v) is 5.43. The first kappa shape index (κ1) is 15.7. The minimum atomic E-state index is 0.286. The molecule has 0 radical (unpaired) electrons. The van der Waals surface area contributed by atoms with Gasteiger partial charge in [-0.2, -0.15) is 0 Å². The van der Waals surface area contributed by atoms with Crippen molar-refractivity contribution in [3.05, 3.63) is 103 Å². The minimum Gasteiger partial charge on any atom is -0.508 e. The van der Waals surface area contributed by atoms with Gasteiger partial charge in [-0.05, 0) is 73.5 Å². The molecule has 1 nitrogen and oxygen atoms in total. The van der Waals surface area contributed by atoms with Gasteiger partial charge >= 0.3 is 0 Å². The number of hydrogen-bond acceptors (Lipinski definition) is 1. The summed E-state index contributed by atoms with van der Waals surface area (Å²) < 4.78 is 0. The van der Waals surface area contributed by atoms with E-state index in [4.69, 9.17) is 0 Å². The molecule has 0 unspecified atom stereocenters. The lowest BCUT2D eigenvalue weighted by molar-refractivity contribution is 0.476. The van der Waals surface area contributed by atoms with Gasteiger partial charge in [0.2, 0.25) is 0 Å². The molecule has 5 rings (SSSR count). The maximum Gasteiger partial charge on any atom is 0.116 e. The summed E-state index contributed by atoms with van der Waals surface area (Å²) in [5.41, 5.74) is 9.29. The molecule has 1 heteroatoms. The van der Waals surface area contributed by atoms with Crippen LogP contribution in [0.15, 0.2) is 86.0 Å². The summed E-state index contributed by atoms with van der Waals surface area (Å²) in [7, 11) is 0. The summed E-state index contributed by atoms with van der Waals surface area (Å²) in [6.07, 6.45) is 1.94. The van der Waals surface area contributed by atoms with E-state index in [1.807, 2.05) is 18.2 Å². The molecule has 4 aromatic rings. The maximum atomic E-state index is 9.70. The van der Waals surface area contributed by atoms with Crippen LogP contribution in [0.3, 0.4) is 0 Å². The largest absolute Gasteiger partial charge is 0.508 e. The molecule has 1 aliphatic rings. The zero-order valence-corrected chi connectivity index (χ0v) is 14.9. The number of phenols is 1. The predicted octanol–water partition coefficient (Wildman–Crippen LogP) is 6.90. The lowest BCUT2D eigenvalue weighted by Crippen LogP contribution is -1.91.